The molecule has 1 nitrogen and oxygen atoms in total. The fourth-order valence-corrected chi connectivity index (χ4v) is 6.70. The molecule has 0 aromatic heterocycles. The molecule has 1 aliphatic heterocycles. The Bertz CT molecular complexity index is 500. The maximum Gasteiger partial charge on any atom is 0.0939 e. The lowest BCUT2D eigenvalue weighted by atomic mass is 9.79. The predicted octanol–water partition coefficient (Wildman–Crippen LogP) is 6.49. The average molecular weight is 333 g/mol. The van der Waals surface area contributed by atoms with E-state index in [1.54, 1.807) is 0 Å². The molecule has 0 aromatic rings. The third-order valence-electron chi connectivity index (χ3n) is 5.92. The molecule has 0 saturated heterocycles. The average Bonchev–Trinajstić information content (AvgIpc) is 3.00. The number of hydrogen-bond acceptors (Lipinski definition) is 1. The summed E-state index contributed by atoms with van der Waals surface area (Å²) in [6.07, 6.45) is 15.6. The van der Waals surface area contributed by atoms with Crippen LogP contribution in [0.15, 0.2) is 23.3 Å². The summed E-state index contributed by atoms with van der Waals surface area (Å²) >= 11 is 0. The molecule has 2 atom stereocenters. The first-order valence-electron chi connectivity index (χ1n) is 9.82. The Kier molecular flexibility index (Phi) is 4.70. The number of allylic oxidation sites excluding steroid dienone is 1. The van der Waals surface area contributed by atoms with Crippen LogP contribution >= 0.6 is 0 Å². The van der Waals surface area contributed by atoms with Gasteiger partial charge < -0.3 is 4.74 Å². The van der Waals surface area contributed by atoms with Crippen LogP contribution < -0.4 is 0 Å². The van der Waals surface area contributed by atoms with E-state index in [-0.39, 0.29) is 11.2 Å². The minimum absolute atomic E-state index is 0.0168. The highest BCUT2D eigenvalue weighted by Crippen LogP contribution is 2.52. The molecule has 3 rings (SSSR count). The minimum atomic E-state index is -1.11. The van der Waals surface area contributed by atoms with Crippen LogP contribution in [0.4, 0.5) is 0 Å². The molecule has 0 aromatic carbocycles. The largest absolute Gasteiger partial charge is 0.360 e. The molecule has 1 spiro atoms. The highest BCUT2D eigenvalue weighted by atomic mass is 28.3. The van der Waals surface area contributed by atoms with Crippen LogP contribution in [-0.2, 0) is 4.74 Å². The first-order valence-corrected chi connectivity index (χ1v) is 13.5. The van der Waals surface area contributed by atoms with E-state index < -0.39 is 8.07 Å². The van der Waals surface area contributed by atoms with Gasteiger partial charge in [-0.05, 0) is 64.8 Å². The van der Waals surface area contributed by atoms with Crippen LogP contribution in [0.25, 0.3) is 0 Å². The van der Waals surface area contributed by atoms with E-state index in [0.717, 1.165) is 0 Å². The molecule has 0 bridgehead atoms. The van der Waals surface area contributed by atoms with Crippen LogP contribution in [0.2, 0.25) is 25.7 Å². The van der Waals surface area contributed by atoms with Gasteiger partial charge in [0.15, 0.2) is 0 Å². The molecular weight excluding hydrogens is 296 g/mol. The van der Waals surface area contributed by atoms with Gasteiger partial charge >= 0.3 is 0 Å². The minimum Gasteiger partial charge on any atom is -0.360 e. The van der Waals surface area contributed by atoms with Crippen molar-refractivity contribution in [2.45, 2.75) is 102 Å². The highest BCUT2D eigenvalue weighted by Gasteiger charge is 2.50. The van der Waals surface area contributed by atoms with Gasteiger partial charge in [0.2, 0.25) is 0 Å². The van der Waals surface area contributed by atoms with E-state index in [1.165, 1.54) is 57.4 Å². The summed E-state index contributed by atoms with van der Waals surface area (Å²) in [5.74, 6) is 0.653. The summed E-state index contributed by atoms with van der Waals surface area (Å²) in [6, 6.07) is 1.38. The first-order chi connectivity index (χ1) is 10.7. The quantitative estimate of drug-likeness (QED) is 0.424. The number of ether oxygens (including phenoxy) is 1. The third-order valence-corrected chi connectivity index (χ3v) is 7.36. The number of rotatable bonds is 3. The molecule has 0 unspecified atom stereocenters. The number of hydrogen-bond donors (Lipinski definition) is 0. The SMILES string of the molecule is CC1(C)C=C[C@@]2(CCC[C@H]2C(C[Si](C)(C)C)=C2CCCCC2)O1. The second kappa shape index (κ2) is 6.18. The van der Waals surface area contributed by atoms with Crippen molar-refractivity contribution in [1.29, 1.82) is 0 Å². The molecule has 2 fully saturated rings. The topological polar surface area (TPSA) is 9.23 Å². The van der Waals surface area contributed by atoms with Crippen LogP contribution in [0, 0.1) is 5.92 Å². The van der Waals surface area contributed by atoms with Crippen LogP contribution in [0.3, 0.4) is 0 Å². The van der Waals surface area contributed by atoms with Gasteiger partial charge in [-0.2, -0.15) is 0 Å². The van der Waals surface area contributed by atoms with E-state index in [4.69, 9.17) is 4.74 Å². The summed E-state index contributed by atoms with van der Waals surface area (Å²) in [7, 11) is -1.11. The molecule has 0 radical (unpaired) electrons. The Morgan fingerprint density at radius 3 is 2.35 bits per heavy atom. The Morgan fingerprint density at radius 1 is 1.09 bits per heavy atom. The molecule has 2 saturated carbocycles. The molecular formula is C21H36OSi. The van der Waals surface area contributed by atoms with E-state index in [0.29, 0.717) is 5.92 Å². The highest BCUT2D eigenvalue weighted by molar-refractivity contribution is 6.76. The van der Waals surface area contributed by atoms with Gasteiger partial charge in [0.05, 0.1) is 11.2 Å². The summed E-state index contributed by atoms with van der Waals surface area (Å²) in [6.45, 7) is 12.0. The van der Waals surface area contributed by atoms with Gasteiger partial charge in [-0.1, -0.05) is 49.4 Å². The van der Waals surface area contributed by atoms with E-state index in [2.05, 4.69) is 45.6 Å². The lowest BCUT2D eigenvalue weighted by molar-refractivity contribution is -0.0826. The van der Waals surface area contributed by atoms with Crippen molar-refractivity contribution in [3.05, 3.63) is 23.3 Å². The Balaban J connectivity index is 1.94. The fraction of sp³-hybridized carbons (Fsp3) is 0.810. The van der Waals surface area contributed by atoms with E-state index in [9.17, 15) is 0 Å². The van der Waals surface area contributed by atoms with Crippen LogP contribution in [-0.4, -0.2) is 19.3 Å². The first kappa shape index (κ1) is 17.5. The molecule has 0 N–H and O–H groups in total. The Morgan fingerprint density at radius 2 is 1.78 bits per heavy atom. The zero-order valence-electron chi connectivity index (χ0n) is 16.0. The molecule has 1 heterocycles. The monoisotopic (exact) mass is 332 g/mol. The van der Waals surface area contributed by atoms with Crippen molar-refractivity contribution in [2.24, 2.45) is 5.92 Å². The summed E-state index contributed by atoms with van der Waals surface area (Å²) in [5, 5.41) is 0. The van der Waals surface area contributed by atoms with Gasteiger partial charge in [-0.3, -0.25) is 0 Å². The maximum absolute atomic E-state index is 6.67. The fourth-order valence-electron chi connectivity index (χ4n) is 5.06. The molecule has 130 valence electrons. The van der Waals surface area contributed by atoms with E-state index >= 15 is 0 Å². The van der Waals surface area contributed by atoms with E-state index in [1.807, 2.05) is 11.1 Å². The van der Waals surface area contributed by atoms with Crippen molar-refractivity contribution in [3.63, 3.8) is 0 Å². The molecule has 2 heteroatoms. The second-order valence-corrected chi connectivity index (χ2v) is 15.3. The Hall–Kier alpha value is -0.343. The van der Waals surface area contributed by atoms with Gasteiger partial charge in [0, 0.05) is 14.0 Å². The van der Waals surface area contributed by atoms with Crippen LogP contribution in [0.5, 0.6) is 0 Å². The van der Waals surface area contributed by atoms with Crippen molar-refractivity contribution >= 4 is 8.07 Å². The predicted molar refractivity (Wildman–Crippen MR) is 103 cm³/mol. The van der Waals surface area contributed by atoms with Gasteiger partial charge in [-0.15, -0.1) is 0 Å². The Labute approximate surface area is 144 Å². The summed E-state index contributed by atoms with van der Waals surface area (Å²) in [5.41, 5.74) is 3.60. The molecule has 3 aliphatic rings. The zero-order chi connectivity index (χ0) is 16.7. The van der Waals surface area contributed by atoms with Gasteiger partial charge in [0.25, 0.3) is 0 Å². The summed E-state index contributed by atoms with van der Waals surface area (Å²) < 4.78 is 6.67. The molecule has 23 heavy (non-hydrogen) atoms. The van der Waals surface area contributed by atoms with Crippen molar-refractivity contribution in [3.8, 4) is 0 Å². The lowest BCUT2D eigenvalue weighted by Crippen LogP contribution is -2.39. The normalized spacial score (nSPS) is 33.6. The van der Waals surface area contributed by atoms with Crippen molar-refractivity contribution < 1.29 is 4.74 Å². The lowest BCUT2D eigenvalue weighted by Gasteiger charge is -2.38. The van der Waals surface area contributed by atoms with Gasteiger partial charge in [0.1, 0.15) is 0 Å². The maximum atomic E-state index is 6.67. The second-order valence-electron chi connectivity index (χ2n) is 9.87. The summed E-state index contributed by atoms with van der Waals surface area (Å²) in [4.78, 5) is 0. The van der Waals surface area contributed by atoms with Crippen molar-refractivity contribution in [2.75, 3.05) is 0 Å². The molecule has 0 amide bonds. The smallest absolute Gasteiger partial charge is 0.0939 e. The standard InChI is InChI=1S/C21H36OSi/c1-20(2)14-15-21(22-20)13-9-12-19(21)18(16-23(3,4)5)17-10-7-6-8-11-17/h14-15,19H,6-13,16H2,1-5H3/t19-,21+/m0/s1. The zero-order valence-corrected chi connectivity index (χ0v) is 17.0. The van der Waals surface area contributed by atoms with Gasteiger partial charge in [-0.25, -0.2) is 0 Å². The third kappa shape index (κ3) is 3.84. The van der Waals surface area contributed by atoms with Crippen molar-refractivity contribution in [1.82, 2.24) is 0 Å². The molecule has 2 aliphatic carbocycles. The van der Waals surface area contributed by atoms with Crippen LogP contribution in [0.1, 0.15) is 65.2 Å².